The average molecular weight is 246 g/mol. The van der Waals surface area contributed by atoms with Crippen LogP contribution in [-0.2, 0) is 6.54 Å². The second kappa shape index (κ2) is 5.75. The molecule has 18 heavy (non-hydrogen) atoms. The topological polar surface area (TPSA) is 15.3 Å². The molecule has 1 aromatic carbocycles. The van der Waals surface area contributed by atoms with Gasteiger partial charge in [-0.2, -0.15) is 0 Å². The van der Waals surface area contributed by atoms with Gasteiger partial charge in [-0.1, -0.05) is 13.0 Å². The van der Waals surface area contributed by atoms with E-state index >= 15 is 0 Å². The highest BCUT2D eigenvalue weighted by molar-refractivity contribution is 5.52. The molecule has 2 atom stereocenters. The van der Waals surface area contributed by atoms with Crippen LogP contribution in [-0.4, -0.2) is 19.6 Å². The molecule has 1 aliphatic rings. The number of piperidine rings is 1. The molecule has 2 nitrogen and oxygen atoms in total. The monoisotopic (exact) mass is 246 g/mol. The number of anilines is 1. The number of hydrogen-bond acceptors (Lipinski definition) is 2. The molecule has 0 aliphatic carbocycles. The number of benzene rings is 1. The summed E-state index contributed by atoms with van der Waals surface area (Å²) in [7, 11) is 2.00. The van der Waals surface area contributed by atoms with E-state index in [1.165, 1.54) is 36.2 Å². The van der Waals surface area contributed by atoms with Crippen molar-refractivity contribution in [2.24, 2.45) is 5.92 Å². The summed E-state index contributed by atoms with van der Waals surface area (Å²) >= 11 is 0. The first-order valence-corrected chi connectivity index (χ1v) is 7.12. The van der Waals surface area contributed by atoms with E-state index in [4.69, 9.17) is 0 Å². The lowest BCUT2D eigenvalue weighted by molar-refractivity contribution is 0.378. The first kappa shape index (κ1) is 13.4. The zero-order valence-electron chi connectivity index (χ0n) is 12.2. The Balaban J connectivity index is 2.16. The van der Waals surface area contributed by atoms with E-state index in [9.17, 15) is 0 Å². The van der Waals surface area contributed by atoms with E-state index in [1.807, 2.05) is 7.05 Å². The average Bonchev–Trinajstić information content (AvgIpc) is 2.32. The molecule has 1 aromatic rings. The van der Waals surface area contributed by atoms with Crippen LogP contribution in [0.25, 0.3) is 0 Å². The number of nitrogens with zero attached hydrogens (tertiary/aromatic N) is 1. The standard InChI is InChI=1S/C16H26N2/c1-12-7-8-18(14(3)9-12)16-6-5-15(11-17-4)13(2)10-16/h5-6,10,12,14,17H,7-9,11H2,1-4H3. The minimum absolute atomic E-state index is 0.670. The van der Waals surface area contributed by atoms with Crippen LogP contribution in [0.15, 0.2) is 18.2 Å². The molecule has 2 heteroatoms. The van der Waals surface area contributed by atoms with Crippen LogP contribution in [0.1, 0.15) is 37.8 Å². The van der Waals surface area contributed by atoms with Crippen molar-refractivity contribution in [3.8, 4) is 0 Å². The van der Waals surface area contributed by atoms with Gasteiger partial charge in [-0.25, -0.2) is 0 Å². The Morgan fingerprint density at radius 2 is 2.11 bits per heavy atom. The molecule has 0 amide bonds. The Kier molecular flexibility index (Phi) is 4.28. The first-order chi connectivity index (χ1) is 8.61. The van der Waals surface area contributed by atoms with Crippen LogP contribution in [0.3, 0.4) is 0 Å². The third-order valence-electron chi connectivity index (χ3n) is 4.16. The van der Waals surface area contributed by atoms with Crippen molar-refractivity contribution in [3.63, 3.8) is 0 Å². The fourth-order valence-corrected chi connectivity index (χ4v) is 3.04. The number of aryl methyl sites for hydroxylation is 1. The summed E-state index contributed by atoms with van der Waals surface area (Å²) in [5.74, 6) is 0.876. The van der Waals surface area contributed by atoms with Gasteiger partial charge in [0.25, 0.3) is 0 Å². The Morgan fingerprint density at radius 1 is 1.33 bits per heavy atom. The van der Waals surface area contributed by atoms with E-state index in [0.29, 0.717) is 6.04 Å². The Hall–Kier alpha value is -1.02. The third kappa shape index (κ3) is 2.86. The highest BCUT2D eigenvalue weighted by Crippen LogP contribution is 2.28. The second-order valence-corrected chi connectivity index (χ2v) is 5.81. The fourth-order valence-electron chi connectivity index (χ4n) is 3.04. The Bertz CT molecular complexity index is 400. The van der Waals surface area contributed by atoms with E-state index in [1.54, 1.807) is 0 Å². The lowest BCUT2D eigenvalue weighted by Crippen LogP contribution is -2.40. The third-order valence-corrected chi connectivity index (χ3v) is 4.16. The summed E-state index contributed by atoms with van der Waals surface area (Å²) in [6, 6.07) is 7.57. The molecule has 0 saturated carbocycles. The number of nitrogens with one attached hydrogen (secondary N) is 1. The largest absolute Gasteiger partial charge is 0.369 e. The van der Waals surface area contributed by atoms with Gasteiger partial charge in [-0.15, -0.1) is 0 Å². The second-order valence-electron chi connectivity index (χ2n) is 5.81. The SMILES string of the molecule is CNCc1ccc(N2CCC(C)CC2C)cc1C. The van der Waals surface area contributed by atoms with Crippen molar-refractivity contribution in [1.82, 2.24) is 5.32 Å². The van der Waals surface area contributed by atoms with Crippen LogP contribution in [0, 0.1) is 12.8 Å². The smallest absolute Gasteiger partial charge is 0.0371 e. The quantitative estimate of drug-likeness (QED) is 0.880. The zero-order valence-corrected chi connectivity index (χ0v) is 12.2. The Morgan fingerprint density at radius 3 is 2.72 bits per heavy atom. The molecule has 0 spiro atoms. The fraction of sp³-hybridized carbons (Fsp3) is 0.625. The minimum atomic E-state index is 0.670. The van der Waals surface area contributed by atoms with E-state index in [-0.39, 0.29) is 0 Å². The van der Waals surface area contributed by atoms with Crippen molar-refractivity contribution in [2.75, 3.05) is 18.5 Å². The minimum Gasteiger partial charge on any atom is -0.369 e. The predicted octanol–water partition coefficient (Wildman–Crippen LogP) is 3.34. The summed E-state index contributed by atoms with van der Waals surface area (Å²) in [4.78, 5) is 2.57. The number of rotatable bonds is 3. The molecule has 0 aromatic heterocycles. The van der Waals surface area contributed by atoms with E-state index < -0.39 is 0 Å². The summed E-state index contributed by atoms with van der Waals surface area (Å²) in [5, 5.41) is 3.22. The van der Waals surface area contributed by atoms with E-state index in [2.05, 4.69) is 49.2 Å². The Labute approximate surface area is 111 Å². The summed E-state index contributed by atoms with van der Waals surface area (Å²) in [6.07, 6.45) is 2.64. The lowest BCUT2D eigenvalue weighted by Gasteiger charge is -2.38. The molecule has 1 aliphatic heterocycles. The molecule has 1 N–H and O–H groups in total. The maximum absolute atomic E-state index is 3.22. The molecule has 0 bridgehead atoms. The molecule has 1 fully saturated rings. The van der Waals surface area contributed by atoms with Crippen LogP contribution >= 0.6 is 0 Å². The summed E-state index contributed by atoms with van der Waals surface area (Å²) in [5.41, 5.74) is 4.19. The van der Waals surface area contributed by atoms with Crippen LogP contribution < -0.4 is 10.2 Å². The van der Waals surface area contributed by atoms with Crippen molar-refractivity contribution >= 4 is 5.69 Å². The molecule has 1 saturated heterocycles. The van der Waals surface area contributed by atoms with Crippen LogP contribution in [0.4, 0.5) is 5.69 Å². The van der Waals surface area contributed by atoms with E-state index in [0.717, 1.165) is 12.5 Å². The molecular formula is C16H26N2. The molecule has 2 unspecified atom stereocenters. The van der Waals surface area contributed by atoms with Gasteiger partial charge in [0.1, 0.15) is 0 Å². The van der Waals surface area contributed by atoms with Crippen molar-refractivity contribution in [3.05, 3.63) is 29.3 Å². The maximum atomic E-state index is 3.22. The van der Waals surface area contributed by atoms with Gasteiger partial charge in [0.15, 0.2) is 0 Å². The van der Waals surface area contributed by atoms with Crippen LogP contribution in [0.2, 0.25) is 0 Å². The van der Waals surface area contributed by atoms with Gasteiger partial charge in [-0.05, 0) is 62.9 Å². The van der Waals surface area contributed by atoms with Gasteiger partial charge in [0.2, 0.25) is 0 Å². The van der Waals surface area contributed by atoms with Gasteiger partial charge < -0.3 is 10.2 Å². The first-order valence-electron chi connectivity index (χ1n) is 7.12. The molecular weight excluding hydrogens is 220 g/mol. The van der Waals surface area contributed by atoms with Gasteiger partial charge >= 0.3 is 0 Å². The number of hydrogen-bond donors (Lipinski definition) is 1. The maximum Gasteiger partial charge on any atom is 0.0371 e. The lowest BCUT2D eigenvalue weighted by atomic mass is 9.92. The molecule has 2 rings (SSSR count). The van der Waals surface area contributed by atoms with Crippen molar-refractivity contribution in [2.45, 2.75) is 46.2 Å². The normalized spacial score (nSPS) is 24.3. The van der Waals surface area contributed by atoms with Crippen molar-refractivity contribution in [1.29, 1.82) is 0 Å². The summed E-state index contributed by atoms with van der Waals surface area (Å²) in [6.45, 7) is 9.10. The van der Waals surface area contributed by atoms with Gasteiger partial charge in [0, 0.05) is 24.8 Å². The zero-order chi connectivity index (χ0) is 13.1. The van der Waals surface area contributed by atoms with Gasteiger partial charge in [0.05, 0.1) is 0 Å². The highest BCUT2D eigenvalue weighted by Gasteiger charge is 2.23. The van der Waals surface area contributed by atoms with Crippen molar-refractivity contribution < 1.29 is 0 Å². The predicted molar refractivity (Wildman–Crippen MR) is 79.1 cm³/mol. The molecule has 1 heterocycles. The molecule has 0 radical (unpaired) electrons. The summed E-state index contributed by atoms with van der Waals surface area (Å²) < 4.78 is 0. The molecule has 100 valence electrons. The van der Waals surface area contributed by atoms with Crippen LogP contribution in [0.5, 0.6) is 0 Å². The highest BCUT2D eigenvalue weighted by atomic mass is 15.2. The van der Waals surface area contributed by atoms with Gasteiger partial charge in [-0.3, -0.25) is 0 Å².